The van der Waals surface area contributed by atoms with E-state index in [1.807, 2.05) is 24.0 Å². The topological polar surface area (TPSA) is 86.5 Å². The van der Waals surface area contributed by atoms with Crippen LogP contribution in [0.2, 0.25) is 0 Å². The van der Waals surface area contributed by atoms with Gasteiger partial charge in [0, 0.05) is 22.0 Å². The van der Waals surface area contributed by atoms with E-state index >= 15 is 0 Å². The molecule has 186 valence electrons. The first-order chi connectivity index (χ1) is 17.1. The summed E-state index contributed by atoms with van der Waals surface area (Å²) in [5.41, 5.74) is 0.602. The number of alkyl halides is 3. The number of rotatable bonds is 5. The Labute approximate surface area is 209 Å². The normalized spacial score (nSPS) is 20.4. The first-order valence-electron chi connectivity index (χ1n) is 11.7. The molecule has 0 atom stereocenters. The Morgan fingerprint density at radius 1 is 1.11 bits per heavy atom. The highest BCUT2D eigenvalue weighted by molar-refractivity contribution is 7.99. The van der Waals surface area contributed by atoms with Gasteiger partial charge in [-0.3, -0.25) is 0 Å². The molecular weight excluding hydrogens is 489 g/mol. The highest BCUT2D eigenvalue weighted by atomic mass is 32.2. The SMILES string of the molecule is CC1=C/C(=N/c2cc(N3CC(O)(C4CC4)C3)nc(Sc3ccc4nc(C(F)(F)F)ccc4c3)n2)CN1. The van der Waals surface area contributed by atoms with Gasteiger partial charge in [0.25, 0.3) is 0 Å². The second kappa shape index (κ2) is 8.45. The van der Waals surface area contributed by atoms with Crippen molar-refractivity contribution in [2.45, 2.75) is 41.6 Å². The maximum Gasteiger partial charge on any atom is 0.433 e. The Balaban J connectivity index is 1.30. The Morgan fingerprint density at radius 2 is 1.92 bits per heavy atom. The van der Waals surface area contributed by atoms with E-state index in [0.717, 1.165) is 35.2 Å². The Bertz CT molecular complexity index is 1410. The molecule has 1 aromatic carbocycles. The molecule has 3 aromatic rings. The molecule has 1 aliphatic carbocycles. The molecule has 2 aliphatic heterocycles. The number of aliphatic imine (C=N–C) groups is 1. The van der Waals surface area contributed by atoms with Gasteiger partial charge in [-0.15, -0.1) is 0 Å². The van der Waals surface area contributed by atoms with Crippen molar-refractivity contribution >= 4 is 40.0 Å². The molecule has 0 radical (unpaired) electrons. The van der Waals surface area contributed by atoms with Crippen LogP contribution >= 0.6 is 11.8 Å². The minimum Gasteiger partial charge on any atom is -0.386 e. The van der Waals surface area contributed by atoms with Gasteiger partial charge in [0.15, 0.2) is 11.0 Å². The van der Waals surface area contributed by atoms with E-state index in [1.54, 1.807) is 18.2 Å². The largest absolute Gasteiger partial charge is 0.433 e. The van der Waals surface area contributed by atoms with Crippen LogP contribution in [0, 0.1) is 5.92 Å². The quantitative estimate of drug-likeness (QED) is 0.478. The molecule has 7 nitrogen and oxygen atoms in total. The monoisotopic (exact) mass is 512 g/mol. The predicted molar refractivity (Wildman–Crippen MR) is 132 cm³/mol. The number of anilines is 1. The first kappa shape index (κ1) is 23.2. The maximum absolute atomic E-state index is 13.0. The van der Waals surface area contributed by atoms with Crippen LogP contribution < -0.4 is 10.2 Å². The molecule has 2 fully saturated rings. The van der Waals surface area contributed by atoms with Crippen molar-refractivity contribution in [2.24, 2.45) is 10.9 Å². The van der Waals surface area contributed by atoms with Crippen LogP contribution in [0.4, 0.5) is 24.8 Å². The van der Waals surface area contributed by atoms with Crippen molar-refractivity contribution in [1.29, 1.82) is 0 Å². The summed E-state index contributed by atoms with van der Waals surface area (Å²) in [6.07, 6.45) is -0.392. The van der Waals surface area contributed by atoms with Gasteiger partial charge in [0.2, 0.25) is 0 Å². The molecule has 6 rings (SSSR count). The number of pyridine rings is 1. The molecule has 2 N–H and O–H groups in total. The van der Waals surface area contributed by atoms with Crippen LogP contribution in [-0.2, 0) is 6.18 Å². The molecule has 3 aliphatic rings. The number of hydrogen-bond acceptors (Lipinski definition) is 8. The van der Waals surface area contributed by atoms with Crippen molar-refractivity contribution in [1.82, 2.24) is 20.3 Å². The maximum atomic E-state index is 13.0. The van der Waals surface area contributed by atoms with Crippen LogP contribution in [0.1, 0.15) is 25.5 Å². The van der Waals surface area contributed by atoms with E-state index in [2.05, 4.69) is 20.3 Å². The second-order valence-electron chi connectivity index (χ2n) is 9.54. The fourth-order valence-corrected chi connectivity index (χ4v) is 5.36. The van der Waals surface area contributed by atoms with Crippen LogP contribution in [0.25, 0.3) is 10.9 Å². The van der Waals surface area contributed by atoms with Gasteiger partial charge >= 0.3 is 6.18 Å². The number of hydrogen-bond donors (Lipinski definition) is 2. The summed E-state index contributed by atoms with van der Waals surface area (Å²) >= 11 is 1.31. The molecule has 4 heterocycles. The van der Waals surface area contributed by atoms with E-state index in [9.17, 15) is 18.3 Å². The molecule has 0 spiro atoms. The summed E-state index contributed by atoms with van der Waals surface area (Å²) in [4.78, 5) is 20.6. The third-order valence-electron chi connectivity index (χ3n) is 6.62. The van der Waals surface area contributed by atoms with Gasteiger partial charge in [-0.1, -0.05) is 6.07 Å². The number of aromatic nitrogens is 3. The van der Waals surface area contributed by atoms with E-state index in [-0.39, 0.29) is 5.52 Å². The van der Waals surface area contributed by atoms with Crippen LogP contribution in [0.5, 0.6) is 0 Å². The predicted octanol–water partition coefficient (Wildman–Crippen LogP) is 4.74. The van der Waals surface area contributed by atoms with Crippen LogP contribution in [0.15, 0.2) is 63.2 Å². The van der Waals surface area contributed by atoms with E-state index in [1.165, 1.54) is 17.8 Å². The average molecular weight is 513 g/mol. The van der Waals surface area contributed by atoms with Gasteiger partial charge in [0.1, 0.15) is 17.1 Å². The third kappa shape index (κ3) is 4.64. The molecule has 0 amide bonds. The van der Waals surface area contributed by atoms with E-state index < -0.39 is 17.5 Å². The lowest BCUT2D eigenvalue weighted by molar-refractivity contribution is -0.140. The van der Waals surface area contributed by atoms with Gasteiger partial charge in [-0.2, -0.15) is 13.2 Å². The lowest BCUT2D eigenvalue weighted by atomic mass is 9.89. The standard InChI is InChI=1S/C25H23F3N6OS/c1-14-8-17(11-29-14)30-21-10-22(34-12-24(35,13-34)16-3-4-16)33-23(32-21)36-18-5-6-19-15(9-18)2-7-20(31-19)25(26,27)28/h2,5-10,16,29,35H,3-4,11-13H2,1H3/b30-17-. The third-order valence-corrected chi connectivity index (χ3v) is 7.47. The van der Waals surface area contributed by atoms with Gasteiger partial charge in [-0.05, 0) is 67.8 Å². The summed E-state index contributed by atoms with van der Waals surface area (Å²) < 4.78 is 39.0. The lowest BCUT2D eigenvalue weighted by Crippen LogP contribution is -2.63. The van der Waals surface area contributed by atoms with Crippen molar-refractivity contribution in [2.75, 3.05) is 24.5 Å². The van der Waals surface area contributed by atoms with Crippen LogP contribution in [0.3, 0.4) is 0 Å². The molecule has 36 heavy (non-hydrogen) atoms. The van der Waals surface area contributed by atoms with Crippen molar-refractivity contribution < 1.29 is 18.3 Å². The summed E-state index contributed by atoms with van der Waals surface area (Å²) in [6, 6.07) is 9.29. The number of fused-ring (bicyclic) bond motifs is 1. The van der Waals surface area contributed by atoms with Gasteiger partial charge in [0.05, 0.1) is 30.9 Å². The van der Waals surface area contributed by atoms with E-state index in [4.69, 9.17) is 4.98 Å². The summed E-state index contributed by atoms with van der Waals surface area (Å²) in [6.45, 7) is 3.65. The number of nitrogens with zero attached hydrogens (tertiary/aromatic N) is 5. The zero-order valence-corrected chi connectivity index (χ0v) is 20.2. The molecule has 11 heteroatoms. The highest BCUT2D eigenvalue weighted by Crippen LogP contribution is 2.46. The Hall–Kier alpha value is -3.18. The number of β-amino-alcohol motifs (C(OH)–C–C–N with tert-alkyl or cyclic N) is 1. The zero-order valence-electron chi connectivity index (χ0n) is 19.4. The molecular formula is C25H23F3N6OS. The summed E-state index contributed by atoms with van der Waals surface area (Å²) in [5.74, 6) is 1.58. The lowest BCUT2D eigenvalue weighted by Gasteiger charge is -2.47. The minimum atomic E-state index is -4.49. The summed E-state index contributed by atoms with van der Waals surface area (Å²) in [5, 5.41) is 15.1. The fourth-order valence-electron chi connectivity index (χ4n) is 4.55. The summed E-state index contributed by atoms with van der Waals surface area (Å²) in [7, 11) is 0. The molecule has 2 aromatic heterocycles. The van der Waals surface area contributed by atoms with E-state index in [0.29, 0.717) is 47.7 Å². The number of nitrogens with one attached hydrogen (secondary N) is 1. The number of benzene rings is 1. The second-order valence-corrected chi connectivity index (χ2v) is 10.6. The molecule has 1 saturated carbocycles. The van der Waals surface area contributed by atoms with Gasteiger partial charge < -0.3 is 15.3 Å². The van der Waals surface area contributed by atoms with Gasteiger partial charge in [-0.25, -0.2) is 19.9 Å². The highest BCUT2D eigenvalue weighted by Gasteiger charge is 2.52. The molecule has 1 saturated heterocycles. The number of aliphatic hydroxyl groups is 1. The number of halogens is 3. The fraction of sp³-hybridized carbons (Fsp3) is 0.360. The smallest absolute Gasteiger partial charge is 0.386 e. The first-order valence-corrected chi connectivity index (χ1v) is 12.5. The van der Waals surface area contributed by atoms with Crippen molar-refractivity contribution in [3.8, 4) is 0 Å². The zero-order chi connectivity index (χ0) is 25.1. The Kier molecular flexibility index (Phi) is 5.45. The van der Waals surface area contributed by atoms with Crippen molar-refractivity contribution in [3.63, 3.8) is 0 Å². The average Bonchev–Trinajstić information content (AvgIpc) is 3.58. The molecule has 0 bridgehead atoms. The molecule has 0 unspecified atom stereocenters. The van der Waals surface area contributed by atoms with Crippen molar-refractivity contribution in [3.05, 3.63) is 53.9 Å². The number of allylic oxidation sites excluding steroid dienone is 1. The Morgan fingerprint density at radius 3 is 2.61 bits per heavy atom. The van der Waals surface area contributed by atoms with Crippen LogP contribution in [-0.4, -0.2) is 51.0 Å². The minimum absolute atomic E-state index is 0.270.